The molecule has 0 aromatic heterocycles. The summed E-state index contributed by atoms with van der Waals surface area (Å²) in [5, 5.41) is 8.80. The average Bonchev–Trinajstić information content (AvgIpc) is 4.05. The van der Waals surface area contributed by atoms with Crippen LogP contribution in [0.25, 0.3) is 43.8 Å². The van der Waals surface area contributed by atoms with E-state index in [9.17, 15) is 0 Å². The zero-order valence-corrected chi connectivity index (χ0v) is 44.8. The summed E-state index contributed by atoms with van der Waals surface area (Å²) in [7, 11) is -2.47. The standard InChI is InChI=1S/2C26H31Si.C2H6Si.2ClH.Zr/c2*1-27(2,3)23-9-7-21(8-10-23)24-6-4-5-22-15-20(16-25(22)24)18-26-13-11-19(17-26)12-14-26;1-3-2;;;/h2*4-10,15-16,19H,11-14,17-18H2,1-3H3;1-2H3;2*1H;/q2*-1;;;;+2/p-2. The molecular weight excluding hydrogens is 895 g/mol. The quantitative estimate of drug-likeness (QED) is 0.106. The zero-order chi connectivity index (χ0) is 40.9. The molecule has 0 nitrogen and oxygen atoms in total. The Labute approximate surface area is 393 Å². The molecule has 0 saturated heterocycles. The monoisotopic (exact) mass is 960 g/mol. The molecule has 60 heavy (non-hydrogen) atoms. The molecule has 0 atom stereocenters. The minimum Gasteiger partial charge on any atom is -1.00 e. The molecule has 0 aliphatic heterocycles. The van der Waals surface area contributed by atoms with Gasteiger partial charge in [0.05, 0.1) is 16.1 Å². The van der Waals surface area contributed by atoms with Crippen molar-refractivity contribution in [1.82, 2.24) is 0 Å². The summed E-state index contributed by atoms with van der Waals surface area (Å²) < 4.78 is 0. The molecule has 4 saturated carbocycles. The third-order valence-corrected chi connectivity index (χ3v) is 18.8. The van der Waals surface area contributed by atoms with Crippen molar-refractivity contribution in [1.29, 1.82) is 0 Å². The van der Waals surface area contributed by atoms with E-state index in [1.54, 1.807) is 34.5 Å². The van der Waals surface area contributed by atoms with E-state index in [2.05, 4.69) is 162 Å². The molecule has 0 unspecified atom stereocenters. The largest absolute Gasteiger partial charge is 1.00 e. The Bertz CT molecular complexity index is 2210. The second-order valence-corrected chi connectivity index (χ2v) is 41.2. The van der Waals surface area contributed by atoms with Crippen molar-refractivity contribution >= 4 is 53.5 Å². The van der Waals surface area contributed by atoms with Gasteiger partial charge in [0, 0.05) is 0 Å². The van der Waals surface area contributed by atoms with Crippen molar-refractivity contribution in [2.75, 3.05) is 0 Å². The second-order valence-electron chi connectivity index (χ2n) is 21.6. The van der Waals surface area contributed by atoms with E-state index in [-0.39, 0.29) is 30.2 Å². The van der Waals surface area contributed by atoms with Crippen LogP contribution in [0.1, 0.15) is 75.3 Å². The van der Waals surface area contributed by atoms with Crippen LogP contribution in [0.4, 0.5) is 0 Å². The first-order chi connectivity index (χ1) is 27.6. The fourth-order valence-electron chi connectivity index (χ4n) is 11.6. The van der Waals surface area contributed by atoms with E-state index in [0.29, 0.717) is 10.8 Å². The van der Waals surface area contributed by atoms with E-state index in [4.69, 9.17) is 0 Å². The third-order valence-electron chi connectivity index (χ3n) is 14.7. The minimum atomic E-state index is -1.24. The Morgan fingerprint density at radius 2 is 0.883 bits per heavy atom. The van der Waals surface area contributed by atoms with Crippen LogP contribution >= 0.6 is 0 Å². The Morgan fingerprint density at radius 3 is 1.17 bits per heavy atom. The normalized spacial score (nSPS) is 22.8. The Morgan fingerprint density at radius 1 is 0.550 bits per heavy atom. The van der Waals surface area contributed by atoms with Crippen LogP contribution in [0, 0.1) is 22.7 Å². The predicted molar refractivity (Wildman–Crippen MR) is 259 cm³/mol. The smallest absolute Gasteiger partial charge is 1.00 e. The fraction of sp³-hybridized carbons (Fsp3) is 0.444. The van der Waals surface area contributed by atoms with Gasteiger partial charge < -0.3 is 24.8 Å². The maximum absolute atomic E-state index is 2.50. The van der Waals surface area contributed by atoms with Crippen LogP contribution in [0.2, 0.25) is 52.4 Å². The summed E-state index contributed by atoms with van der Waals surface area (Å²) in [6.45, 7) is 19.1. The van der Waals surface area contributed by atoms with Gasteiger partial charge in [-0.3, -0.25) is 0 Å². The summed E-state index contributed by atoms with van der Waals surface area (Å²) in [6, 6.07) is 42.4. The van der Waals surface area contributed by atoms with Crippen LogP contribution in [0.5, 0.6) is 0 Å². The van der Waals surface area contributed by atoms with E-state index < -0.39 is 16.1 Å². The number of rotatable bonds is 8. The summed E-state index contributed by atoms with van der Waals surface area (Å²) in [5.74, 6) is 2.07. The van der Waals surface area contributed by atoms with Gasteiger partial charge in [0.1, 0.15) is 0 Å². The molecule has 6 heteroatoms. The molecule has 4 bridgehead atoms. The molecule has 4 aliphatic carbocycles. The van der Waals surface area contributed by atoms with Gasteiger partial charge in [0.25, 0.3) is 0 Å². The van der Waals surface area contributed by atoms with E-state index >= 15 is 0 Å². The Kier molecular flexibility index (Phi) is 15.2. The molecule has 4 aliphatic rings. The average molecular weight is 964 g/mol. The Hall–Kier alpha value is -1.79. The first-order valence-corrected chi connectivity index (χ1v) is 35.9. The maximum Gasteiger partial charge on any atom is -1.00 e. The summed E-state index contributed by atoms with van der Waals surface area (Å²) in [4.78, 5) is 0. The summed E-state index contributed by atoms with van der Waals surface area (Å²) >= 11 is 1.74. The van der Waals surface area contributed by atoms with Gasteiger partial charge in [0.15, 0.2) is 0 Å². The molecule has 0 radical (unpaired) electrons. The predicted octanol–water partition coefficient (Wildman–Crippen LogP) is 8.58. The summed E-state index contributed by atoms with van der Waals surface area (Å²) in [6.07, 6.45) is 17.3. The molecule has 0 amide bonds. The number of halogens is 2. The Balaban J connectivity index is 0.000000179. The van der Waals surface area contributed by atoms with E-state index in [0.717, 1.165) is 11.8 Å². The van der Waals surface area contributed by atoms with Gasteiger partial charge in [-0.25, -0.2) is 0 Å². The van der Waals surface area contributed by atoms with Crippen molar-refractivity contribution in [2.45, 2.75) is 129 Å². The van der Waals surface area contributed by atoms with Crippen LogP contribution in [0.3, 0.4) is 0 Å². The first kappa shape index (κ1) is 47.7. The molecule has 0 spiro atoms. The van der Waals surface area contributed by atoms with Crippen molar-refractivity contribution in [3.63, 3.8) is 0 Å². The molecule has 316 valence electrons. The minimum absolute atomic E-state index is 0. The molecule has 6 aromatic rings. The molecule has 0 heterocycles. The van der Waals surface area contributed by atoms with Crippen molar-refractivity contribution in [3.05, 3.63) is 120 Å². The topological polar surface area (TPSA) is 0 Å². The second kappa shape index (κ2) is 19.1. The van der Waals surface area contributed by atoms with E-state index in [1.165, 1.54) is 131 Å². The van der Waals surface area contributed by atoms with Crippen LogP contribution in [-0.2, 0) is 36.2 Å². The van der Waals surface area contributed by atoms with Gasteiger partial charge in [-0.2, -0.15) is 12.1 Å². The number of benzene rings is 4. The SMILES string of the molecule is C[Si](C)(C)c1ccc(-c2cccc3[cH-]c(CC45CCC(CC4)C5)cc23)cc1.C[Si](C)(C)c1ccc(-c2cccc3[cH-]c(CC45CCC(CC4)C5)cc23)cc1.C[Si](C)=[Zr+2].[Cl-].[Cl-]. The van der Waals surface area contributed by atoms with Crippen molar-refractivity contribution in [3.8, 4) is 22.3 Å². The number of fused-ring (bicyclic) bond motifs is 6. The maximum atomic E-state index is 2.50. The number of hydrogen-bond donors (Lipinski definition) is 0. The van der Waals surface area contributed by atoms with E-state index in [1.807, 2.05) is 0 Å². The van der Waals surface area contributed by atoms with Gasteiger partial charge in [-0.05, 0) is 111 Å². The van der Waals surface area contributed by atoms with Gasteiger partial charge >= 0.3 is 41.9 Å². The van der Waals surface area contributed by atoms with Crippen LogP contribution < -0.4 is 35.2 Å². The molecule has 6 aromatic carbocycles. The van der Waals surface area contributed by atoms with Gasteiger partial charge in [-0.15, -0.1) is 69.1 Å². The third kappa shape index (κ3) is 10.8. The first-order valence-electron chi connectivity index (χ1n) is 22.7. The van der Waals surface area contributed by atoms with Gasteiger partial charge in [-0.1, -0.05) is 121 Å². The van der Waals surface area contributed by atoms with Crippen LogP contribution in [0.15, 0.2) is 109 Å². The molecule has 4 fully saturated rings. The van der Waals surface area contributed by atoms with Gasteiger partial charge in [0.2, 0.25) is 0 Å². The van der Waals surface area contributed by atoms with Crippen molar-refractivity contribution < 1.29 is 48.1 Å². The fourth-order valence-corrected chi connectivity index (χ4v) is 13.9. The summed E-state index contributed by atoms with van der Waals surface area (Å²) in [5.41, 5.74) is 10.1. The van der Waals surface area contributed by atoms with Crippen LogP contribution in [-0.4, -0.2) is 21.6 Å². The molecule has 0 N–H and O–H groups in total. The molecule has 10 rings (SSSR count). The molecular formula is C54H68Cl2Si3Zr-2. The zero-order valence-electron chi connectivity index (χ0n) is 37.8. The number of hydrogen-bond acceptors (Lipinski definition) is 0. The van der Waals surface area contributed by atoms with Crippen molar-refractivity contribution in [2.24, 2.45) is 22.7 Å².